The third-order valence-electron chi connectivity index (χ3n) is 2.20. The Balaban J connectivity index is 3.10. The summed E-state index contributed by atoms with van der Waals surface area (Å²) in [6, 6.07) is 5.73. The predicted octanol–water partition coefficient (Wildman–Crippen LogP) is 2.72. The Morgan fingerprint density at radius 3 is 2.35 bits per heavy atom. The van der Waals surface area contributed by atoms with E-state index < -0.39 is 0 Å². The van der Waals surface area contributed by atoms with Crippen LogP contribution in [0.5, 0.6) is 11.5 Å². The zero-order valence-corrected chi connectivity index (χ0v) is 11.6. The molecule has 0 amide bonds. The Morgan fingerprint density at radius 1 is 1.18 bits per heavy atom. The summed E-state index contributed by atoms with van der Waals surface area (Å²) in [6.45, 7) is 5.18. The highest BCUT2D eigenvalue weighted by molar-refractivity contribution is 7.80. The van der Waals surface area contributed by atoms with E-state index in [2.05, 4.69) is 0 Å². The molecule has 3 nitrogen and oxygen atoms in total. The predicted molar refractivity (Wildman–Crippen MR) is 74.2 cm³/mol. The van der Waals surface area contributed by atoms with Crippen LogP contribution in [-0.4, -0.2) is 37.2 Å². The second-order valence-electron chi connectivity index (χ2n) is 3.72. The Morgan fingerprint density at radius 2 is 1.82 bits per heavy atom. The molecule has 0 saturated heterocycles. The van der Waals surface area contributed by atoms with Crippen molar-refractivity contribution >= 4 is 17.2 Å². The number of thiocarbonyl (C=S) groups is 1. The molecule has 0 N–H and O–H groups in total. The van der Waals surface area contributed by atoms with Crippen molar-refractivity contribution in [3.05, 3.63) is 23.8 Å². The van der Waals surface area contributed by atoms with E-state index in [1.54, 1.807) is 0 Å². The smallest absolute Gasteiger partial charge is 0.129 e. The molecule has 0 heterocycles. The third-order valence-corrected chi connectivity index (χ3v) is 2.78. The van der Waals surface area contributed by atoms with E-state index >= 15 is 0 Å². The molecule has 1 aromatic rings. The zero-order chi connectivity index (χ0) is 12.8. The average Bonchev–Trinajstić information content (AvgIpc) is 2.30. The molecule has 0 spiro atoms. The van der Waals surface area contributed by atoms with Gasteiger partial charge in [-0.25, -0.2) is 0 Å². The third kappa shape index (κ3) is 3.60. The Labute approximate surface area is 108 Å². The first-order chi connectivity index (χ1) is 8.10. The highest BCUT2D eigenvalue weighted by Crippen LogP contribution is 2.25. The van der Waals surface area contributed by atoms with Crippen molar-refractivity contribution < 1.29 is 9.47 Å². The van der Waals surface area contributed by atoms with Gasteiger partial charge in [0.15, 0.2) is 0 Å². The van der Waals surface area contributed by atoms with E-state index in [9.17, 15) is 0 Å². The minimum atomic E-state index is 0.622. The van der Waals surface area contributed by atoms with E-state index in [4.69, 9.17) is 21.7 Å². The Kier molecular flexibility index (Phi) is 5.22. The molecule has 1 aromatic carbocycles. The standard InChI is InChI=1S/C13H19NO2S/c1-5-15-10-7-8-12(16-6-2)11(9-10)13(17)14(3)4/h7-9H,5-6H2,1-4H3. The zero-order valence-electron chi connectivity index (χ0n) is 10.8. The molecule has 4 heteroatoms. The fraction of sp³-hybridized carbons (Fsp3) is 0.462. The van der Waals surface area contributed by atoms with Gasteiger partial charge in [0, 0.05) is 14.1 Å². The van der Waals surface area contributed by atoms with Crippen LogP contribution in [0.2, 0.25) is 0 Å². The highest BCUT2D eigenvalue weighted by Gasteiger charge is 2.12. The van der Waals surface area contributed by atoms with Gasteiger partial charge in [-0.15, -0.1) is 0 Å². The van der Waals surface area contributed by atoms with Crippen molar-refractivity contribution in [1.29, 1.82) is 0 Å². The van der Waals surface area contributed by atoms with Crippen LogP contribution in [0.25, 0.3) is 0 Å². The van der Waals surface area contributed by atoms with Gasteiger partial charge in [-0.3, -0.25) is 0 Å². The van der Waals surface area contributed by atoms with Crippen molar-refractivity contribution in [2.75, 3.05) is 27.3 Å². The number of ether oxygens (including phenoxy) is 2. The number of benzene rings is 1. The maximum atomic E-state index is 5.57. The van der Waals surface area contributed by atoms with E-state index in [0.29, 0.717) is 13.2 Å². The van der Waals surface area contributed by atoms with Crippen molar-refractivity contribution in [3.8, 4) is 11.5 Å². The molecule has 17 heavy (non-hydrogen) atoms. The van der Waals surface area contributed by atoms with Crippen molar-refractivity contribution in [1.82, 2.24) is 4.90 Å². The topological polar surface area (TPSA) is 21.7 Å². The Bertz CT molecular complexity index is 391. The highest BCUT2D eigenvalue weighted by atomic mass is 32.1. The summed E-state index contributed by atoms with van der Waals surface area (Å²) in [5, 5.41) is 0. The van der Waals surface area contributed by atoms with Crippen LogP contribution in [0.15, 0.2) is 18.2 Å². The van der Waals surface area contributed by atoms with Gasteiger partial charge in [0.1, 0.15) is 16.5 Å². The van der Waals surface area contributed by atoms with E-state index in [1.165, 1.54) is 0 Å². The van der Waals surface area contributed by atoms with Crippen molar-refractivity contribution in [2.24, 2.45) is 0 Å². The van der Waals surface area contributed by atoms with Crippen LogP contribution in [-0.2, 0) is 0 Å². The lowest BCUT2D eigenvalue weighted by Gasteiger charge is -2.18. The SMILES string of the molecule is CCOc1ccc(OCC)c(C(=S)N(C)C)c1. The lowest BCUT2D eigenvalue weighted by Crippen LogP contribution is -2.21. The molecule has 0 fully saturated rings. The molecule has 0 aliphatic heterocycles. The molecule has 0 atom stereocenters. The lowest BCUT2D eigenvalue weighted by atomic mass is 10.1. The van der Waals surface area contributed by atoms with Gasteiger partial charge < -0.3 is 14.4 Å². The molecular weight excluding hydrogens is 234 g/mol. The van der Waals surface area contributed by atoms with Crippen LogP contribution in [0.3, 0.4) is 0 Å². The quantitative estimate of drug-likeness (QED) is 0.752. The van der Waals surface area contributed by atoms with Crippen molar-refractivity contribution in [2.45, 2.75) is 13.8 Å². The van der Waals surface area contributed by atoms with Crippen LogP contribution in [0.4, 0.5) is 0 Å². The number of nitrogens with zero attached hydrogens (tertiary/aromatic N) is 1. The molecule has 0 saturated carbocycles. The summed E-state index contributed by atoms with van der Waals surface area (Å²) in [7, 11) is 3.84. The largest absolute Gasteiger partial charge is 0.494 e. The molecule has 94 valence electrons. The average molecular weight is 253 g/mol. The number of hydrogen-bond acceptors (Lipinski definition) is 3. The first-order valence-corrected chi connectivity index (χ1v) is 6.12. The molecular formula is C13H19NO2S. The summed E-state index contributed by atoms with van der Waals surface area (Å²) >= 11 is 5.38. The molecule has 0 aromatic heterocycles. The minimum Gasteiger partial charge on any atom is -0.494 e. The minimum absolute atomic E-state index is 0.622. The second-order valence-corrected chi connectivity index (χ2v) is 4.11. The van der Waals surface area contributed by atoms with E-state index in [-0.39, 0.29) is 0 Å². The first-order valence-electron chi connectivity index (χ1n) is 5.71. The molecule has 0 bridgehead atoms. The van der Waals surface area contributed by atoms with Crippen LogP contribution >= 0.6 is 12.2 Å². The Hall–Kier alpha value is -1.29. The molecule has 0 aliphatic rings. The van der Waals surface area contributed by atoms with E-state index in [0.717, 1.165) is 22.1 Å². The number of hydrogen-bond donors (Lipinski definition) is 0. The van der Waals surface area contributed by atoms with Gasteiger partial charge in [-0.1, -0.05) is 12.2 Å². The van der Waals surface area contributed by atoms with Crippen molar-refractivity contribution in [3.63, 3.8) is 0 Å². The fourth-order valence-corrected chi connectivity index (χ4v) is 1.61. The van der Waals surface area contributed by atoms with Gasteiger partial charge in [-0.2, -0.15) is 0 Å². The molecule has 0 unspecified atom stereocenters. The van der Waals surface area contributed by atoms with Gasteiger partial charge in [0.05, 0.1) is 18.8 Å². The fourth-order valence-electron chi connectivity index (χ4n) is 1.45. The number of rotatable bonds is 5. The first kappa shape index (κ1) is 13.8. The van der Waals surface area contributed by atoms with Crippen LogP contribution in [0, 0.1) is 0 Å². The molecule has 1 rings (SSSR count). The summed E-state index contributed by atoms with van der Waals surface area (Å²) < 4.78 is 11.0. The maximum Gasteiger partial charge on any atom is 0.129 e. The molecule has 0 radical (unpaired) electrons. The summed E-state index contributed by atoms with van der Waals surface area (Å²) in [5.74, 6) is 1.62. The second kappa shape index (κ2) is 6.45. The monoisotopic (exact) mass is 253 g/mol. The van der Waals surface area contributed by atoms with Gasteiger partial charge in [0.2, 0.25) is 0 Å². The van der Waals surface area contributed by atoms with Crippen LogP contribution < -0.4 is 9.47 Å². The molecule has 0 aliphatic carbocycles. The van der Waals surface area contributed by atoms with E-state index in [1.807, 2.05) is 51.0 Å². The summed E-state index contributed by atoms with van der Waals surface area (Å²) in [5.41, 5.74) is 0.901. The van der Waals surface area contributed by atoms with Gasteiger partial charge in [-0.05, 0) is 32.0 Å². The van der Waals surface area contributed by atoms with Gasteiger partial charge >= 0.3 is 0 Å². The maximum absolute atomic E-state index is 5.57. The van der Waals surface area contributed by atoms with Crippen LogP contribution in [0.1, 0.15) is 19.4 Å². The summed E-state index contributed by atoms with van der Waals surface area (Å²) in [4.78, 5) is 2.64. The normalized spacial score (nSPS) is 9.88. The summed E-state index contributed by atoms with van der Waals surface area (Å²) in [6.07, 6.45) is 0. The van der Waals surface area contributed by atoms with Gasteiger partial charge in [0.25, 0.3) is 0 Å². The lowest BCUT2D eigenvalue weighted by molar-refractivity contribution is 0.329.